The molecule has 1 fully saturated rings. The molecule has 134 valence electrons. The van der Waals surface area contributed by atoms with Crippen LogP contribution in [0.25, 0.3) is 11.0 Å². The Morgan fingerprint density at radius 3 is 3.15 bits per heavy atom. The lowest BCUT2D eigenvalue weighted by atomic mass is 10.0. The fourth-order valence-electron chi connectivity index (χ4n) is 4.05. The summed E-state index contributed by atoms with van der Waals surface area (Å²) >= 11 is 1.80. The molecule has 1 atom stereocenters. The van der Waals surface area contributed by atoms with Crippen molar-refractivity contribution in [1.29, 1.82) is 0 Å². The number of aryl methyl sites for hydroxylation is 1. The van der Waals surface area contributed by atoms with Crippen LogP contribution in [0.15, 0.2) is 24.0 Å². The van der Waals surface area contributed by atoms with E-state index in [2.05, 4.69) is 31.4 Å². The second kappa shape index (κ2) is 6.05. The highest BCUT2D eigenvalue weighted by molar-refractivity contribution is 7.10. The van der Waals surface area contributed by atoms with Gasteiger partial charge in [0, 0.05) is 38.1 Å². The zero-order valence-electron chi connectivity index (χ0n) is 14.6. The van der Waals surface area contributed by atoms with Crippen LogP contribution in [0.3, 0.4) is 0 Å². The van der Waals surface area contributed by atoms with E-state index in [1.54, 1.807) is 22.3 Å². The minimum Gasteiger partial charge on any atom is -0.355 e. The summed E-state index contributed by atoms with van der Waals surface area (Å²) in [5.41, 5.74) is 2.14. The van der Waals surface area contributed by atoms with Crippen LogP contribution in [-0.4, -0.2) is 50.2 Å². The van der Waals surface area contributed by atoms with Crippen molar-refractivity contribution in [3.05, 3.63) is 34.4 Å². The minimum atomic E-state index is 0.0388. The number of aromatic nitrogens is 4. The number of rotatable bonds is 2. The Labute approximate surface area is 155 Å². The van der Waals surface area contributed by atoms with E-state index < -0.39 is 0 Å². The van der Waals surface area contributed by atoms with Gasteiger partial charge in [-0.05, 0) is 29.9 Å². The Balaban J connectivity index is 1.33. The van der Waals surface area contributed by atoms with Gasteiger partial charge in [0.2, 0.25) is 5.91 Å². The van der Waals surface area contributed by atoms with E-state index in [4.69, 9.17) is 0 Å². The average Bonchev–Trinajstić information content (AvgIpc) is 3.40. The van der Waals surface area contributed by atoms with Crippen LogP contribution in [0.5, 0.6) is 0 Å². The molecule has 0 aromatic carbocycles. The van der Waals surface area contributed by atoms with Gasteiger partial charge >= 0.3 is 0 Å². The highest BCUT2D eigenvalue weighted by atomic mass is 32.1. The van der Waals surface area contributed by atoms with Gasteiger partial charge in [0.1, 0.15) is 12.1 Å². The van der Waals surface area contributed by atoms with Crippen molar-refractivity contribution < 1.29 is 4.79 Å². The molecule has 26 heavy (non-hydrogen) atoms. The summed E-state index contributed by atoms with van der Waals surface area (Å²) in [6.45, 7) is 3.15. The molecule has 1 saturated heterocycles. The van der Waals surface area contributed by atoms with E-state index in [0.717, 1.165) is 49.3 Å². The van der Waals surface area contributed by atoms with Gasteiger partial charge in [-0.3, -0.25) is 9.48 Å². The predicted molar refractivity (Wildman–Crippen MR) is 100 cm³/mol. The minimum absolute atomic E-state index is 0.0388. The predicted octanol–water partition coefficient (Wildman–Crippen LogP) is 1.84. The molecule has 8 heteroatoms. The first-order chi connectivity index (χ1) is 12.7. The normalized spacial score (nSPS) is 20.0. The van der Waals surface area contributed by atoms with E-state index in [-0.39, 0.29) is 11.8 Å². The van der Waals surface area contributed by atoms with Gasteiger partial charge in [0.05, 0.1) is 17.5 Å². The molecule has 2 aliphatic heterocycles. The maximum absolute atomic E-state index is 13.0. The summed E-state index contributed by atoms with van der Waals surface area (Å²) in [5, 5.41) is 7.36. The summed E-state index contributed by atoms with van der Waals surface area (Å²) in [6, 6.07) is 2.15. The fraction of sp³-hybridized carbons (Fsp3) is 0.444. The molecule has 3 aromatic heterocycles. The number of hydrogen-bond acceptors (Lipinski definition) is 6. The van der Waals surface area contributed by atoms with Crippen molar-refractivity contribution in [2.24, 2.45) is 13.0 Å². The fourth-order valence-corrected chi connectivity index (χ4v) is 4.94. The summed E-state index contributed by atoms with van der Waals surface area (Å²) in [5.74, 6) is 1.20. The number of anilines is 1. The molecule has 0 aliphatic carbocycles. The number of carbonyl (C=O) groups is 1. The molecule has 0 saturated carbocycles. The second-order valence-corrected chi connectivity index (χ2v) is 8.01. The van der Waals surface area contributed by atoms with Crippen LogP contribution in [0.2, 0.25) is 0 Å². The first-order valence-electron chi connectivity index (χ1n) is 8.92. The molecule has 0 N–H and O–H groups in total. The molecule has 3 aromatic rings. The second-order valence-electron chi connectivity index (χ2n) is 7.01. The Morgan fingerprint density at radius 1 is 1.31 bits per heavy atom. The Bertz CT molecular complexity index is 979. The summed E-state index contributed by atoms with van der Waals surface area (Å²) < 4.78 is 1.76. The Kier molecular flexibility index (Phi) is 3.66. The summed E-state index contributed by atoms with van der Waals surface area (Å²) in [4.78, 5) is 27.5. The SMILES string of the molecule is Cn1ncc2c(N3CCC(C(=O)N4CCc5sccc5C4)C3)ncnc21. The molecular formula is C18H20N6OS. The van der Waals surface area contributed by atoms with Crippen LogP contribution >= 0.6 is 11.3 Å². The summed E-state index contributed by atoms with van der Waals surface area (Å²) in [6.07, 6.45) is 5.24. The highest BCUT2D eigenvalue weighted by Gasteiger charge is 2.34. The lowest BCUT2D eigenvalue weighted by molar-refractivity contribution is -0.135. The van der Waals surface area contributed by atoms with Crippen molar-refractivity contribution in [1.82, 2.24) is 24.6 Å². The van der Waals surface area contributed by atoms with Gasteiger partial charge in [-0.2, -0.15) is 5.10 Å². The van der Waals surface area contributed by atoms with Crippen LogP contribution in [0.1, 0.15) is 16.9 Å². The van der Waals surface area contributed by atoms with E-state index in [0.29, 0.717) is 6.54 Å². The Hall–Kier alpha value is -2.48. The quantitative estimate of drug-likeness (QED) is 0.690. The molecule has 1 unspecified atom stereocenters. The molecule has 1 amide bonds. The van der Waals surface area contributed by atoms with Crippen LogP contribution in [0.4, 0.5) is 5.82 Å². The van der Waals surface area contributed by atoms with Gasteiger partial charge in [0.15, 0.2) is 5.65 Å². The third-order valence-electron chi connectivity index (χ3n) is 5.46. The average molecular weight is 368 g/mol. The topological polar surface area (TPSA) is 67.2 Å². The molecular weight excluding hydrogens is 348 g/mol. The maximum atomic E-state index is 13.0. The highest BCUT2D eigenvalue weighted by Crippen LogP contribution is 2.30. The molecule has 5 rings (SSSR count). The van der Waals surface area contributed by atoms with Crippen molar-refractivity contribution in [3.63, 3.8) is 0 Å². The molecule has 2 aliphatic rings. The maximum Gasteiger partial charge on any atom is 0.227 e. The number of nitrogens with zero attached hydrogens (tertiary/aromatic N) is 6. The smallest absolute Gasteiger partial charge is 0.227 e. The van der Waals surface area contributed by atoms with Crippen molar-refractivity contribution in [2.45, 2.75) is 19.4 Å². The van der Waals surface area contributed by atoms with Gasteiger partial charge in [0.25, 0.3) is 0 Å². The first kappa shape index (κ1) is 15.7. The standard InChI is InChI=1S/C18H20N6OS/c1-22-16-14(8-21-22)17(20-11-19-16)23-5-2-13(10-23)18(25)24-6-3-15-12(9-24)4-7-26-15/h4,7-8,11,13H,2-3,5-6,9-10H2,1H3. The lowest BCUT2D eigenvalue weighted by Crippen LogP contribution is -2.40. The Morgan fingerprint density at radius 2 is 2.23 bits per heavy atom. The molecule has 0 spiro atoms. The van der Waals surface area contributed by atoms with Gasteiger partial charge in [-0.15, -0.1) is 11.3 Å². The molecule has 7 nitrogen and oxygen atoms in total. The first-order valence-corrected chi connectivity index (χ1v) is 9.80. The number of fused-ring (bicyclic) bond motifs is 2. The molecule has 0 bridgehead atoms. The number of carbonyl (C=O) groups excluding carboxylic acids is 1. The number of amides is 1. The van der Waals surface area contributed by atoms with Gasteiger partial charge in [-0.25, -0.2) is 9.97 Å². The monoisotopic (exact) mass is 368 g/mol. The van der Waals surface area contributed by atoms with E-state index >= 15 is 0 Å². The third kappa shape index (κ3) is 2.47. The van der Waals surface area contributed by atoms with Crippen LogP contribution < -0.4 is 4.90 Å². The zero-order valence-corrected chi connectivity index (χ0v) is 15.4. The molecule has 5 heterocycles. The summed E-state index contributed by atoms with van der Waals surface area (Å²) in [7, 11) is 1.88. The third-order valence-corrected chi connectivity index (χ3v) is 6.49. The zero-order chi connectivity index (χ0) is 17.7. The van der Waals surface area contributed by atoms with Crippen molar-refractivity contribution in [3.8, 4) is 0 Å². The number of thiophene rings is 1. The van der Waals surface area contributed by atoms with Crippen LogP contribution in [-0.2, 0) is 24.8 Å². The molecule has 0 radical (unpaired) electrons. The van der Waals surface area contributed by atoms with E-state index in [1.165, 1.54) is 10.4 Å². The number of hydrogen-bond donors (Lipinski definition) is 0. The van der Waals surface area contributed by atoms with E-state index in [9.17, 15) is 4.79 Å². The van der Waals surface area contributed by atoms with Crippen LogP contribution in [0, 0.1) is 5.92 Å². The van der Waals surface area contributed by atoms with E-state index in [1.807, 2.05) is 18.1 Å². The largest absolute Gasteiger partial charge is 0.355 e. The van der Waals surface area contributed by atoms with Gasteiger partial charge < -0.3 is 9.80 Å². The van der Waals surface area contributed by atoms with Crippen molar-refractivity contribution in [2.75, 3.05) is 24.5 Å². The van der Waals surface area contributed by atoms with Gasteiger partial charge in [-0.1, -0.05) is 0 Å². The lowest BCUT2D eigenvalue weighted by Gasteiger charge is -2.29. The van der Waals surface area contributed by atoms with Crippen molar-refractivity contribution >= 4 is 34.1 Å².